The molecule has 21 heavy (non-hydrogen) atoms. The molecule has 0 aliphatic heterocycles. The summed E-state index contributed by atoms with van der Waals surface area (Å²) in [7, 11) is 1.76. The second-order valence-electron chi connectivity index (χ2n) is 4.53. The lowest BCUT2D eigenvalue weighted by molar-refractivity contribution is 0.0697. The highest BCUT2D eigenvalue weighted by Crippen LogP contribution is 2.26. The molecule has 0 spiro atoms. The van der Waals surface area contributed by atoms with Crippen LogP contribution >= 0.6 is 0 Å². The number of aryl methyl sites for hydroxylation is 1. The summed E-state index contributed by atoms with van der Waals surface area (Å²) in [5.41, 5.74) is 2.07. The van der Waals surface area contributed by atoms with E-state index >= 15 is 0 Å². The second kappa shape index (κ2) is 5.20. The number of carbonyl (C=O) groups is 1. The van der Waals surface area contributed by atoms with E-state index in [1.807, 2.05) is 18.2 Å². The van der Waals surface area contributed by atoms with Crippen molar-refractivity contribution in [2.75, 3.05) is 5.32 Å². The number of hydrogen-bond donors (Lipinski definition) is 2. The fourth-order valence-electron chi connectivity index (χ4n) is 2.13. The predicted octanol–water partition coefficient (Wildman–Crippen LogP) is 1.67. The van der Waals surface area contributed by atoms with Gasteiger partial charge in [-0.3, -0.25) is 9.67 Å². The molecule has 3 rings (SSSR count). The summed E-state index contributed by atoms with van der Waals surface area (Å²) >= 11 is 0. The zero-order valence-corrected chi connectivity index (χ0v) is 11.3. The van der Waals surface area contributed by atoms with Gasteiger partial charge in [0.2, 0.25) is 0 Å². The molecule has 3 heterocycles. The van der Waals surface area contributed by atoms with Crippen LogP contribution in [-0.2, 0) is 13.6 Å². The predicted molar refractivity (Wildman–Crippen MR) is 77.0 cm³/mol. The molecular formula is C14H13N5O2. The van der Waals surface area contributed by atoms with Gasteiger partial charge in [0.1, 0.15) is 5.56 Å². The number of rotatable bonds is 4. The Morgan fingerprint density at radius 2 is 2.19 bits per heavy atom. The Morgan fingerprint density at radius 1 is 1.33 bits per heavy atom. The fraction of sp³-hybridized carbons (Fsp3) is 0.143. The third-order valence-electron chi connectivity index (χ3n) is 3.16. The molecule has 7 heteroatoms. The van der Waals surface area contributed by atoms with Gasteiger partial charge in [0.25, 0.3) is 0 Å². The molecule has 7 nitrogen and oxygen atoms in total. The van der Waals surface area contributed by atoms with E-state index in [1.54, 1.807) is 24.1 Å². The van der Waals surface area contributed by atoms with Crippen LogP contribution < -0.4 is 5.32 Å². The normalized spacial score (nSPS) is 10.7. The molecule has 2 N–H and O–H groups in total. The van der Waals surface area contributed by atoms with Crippen LogP contribution in [0.5, 0.6) is 0 Å². The first-order chi connectivity index (χ1) is 10.2. The maximum Gasteiger partial charge on any atom is 0.339 e. The van der Waals surface area contributed by atoms with E-state index in [9.17, 15) is 9.90 Å². The molecular weight excluding hydrogens is 270 g/mol. The van der Waals surface area contributed by atoms with Crippen molar-refractivity contribution in [1.82, 2.24) is 19.7 Å². The standard InChI is InChI=1S/C14H13N5O2/c1-19-13-10(8-18-19)12(11(7-17-13)14(20)21)16-6-9-4-2-3-5-15-9/h2-5,7-8H,6H2,1H3,(H,16,17)(H,20,21). The molecule has 0 amide bonds. The average molecular weight is 283 g/mol. The van der Waals surface area contributed by atoms with Gasteiger partial charge in [-0.1, -0.05) is 6.07 Å². The zero-order valence-electron chi connectivity index (χ0n) is 11.3. The van der Waals surface area contributed by atoms with Crippen LogP contribution in [0.3, 0.4) is 0 Å². The molecule has 0 fully saturated rings. The van der Waals surface area contributed by atoms with E-state index in [1.165, 1.54) is 6.20 Å². The third-order valence-corrected chi connectivity index (χ3v) is 3.16. The van der Waals surface area contributed by atoms with Crippen molar-refractivity contribution in [2.24, 2.45) is 7.05 Å². The third kappa shape index (κ3) is 2.40. The molecule has 0 atom stereocenters. The minimum Gasteiger partial charge on any atom is -0.478 e. The fourth-order valence-corrected chi connectivity index (χ4v) is 2.13. The molecule has 0 unspecified atom stereocenters. The molecule has 0 saturated carbocycles. The summed E-state index contributed by atoms with van der Waals surface area (Å²) in [5, 5.41) is 17.2. The number of fused-ring (bicyclic) bond motifs is 1. The Bertz CT molecular complexity index is 798. The van der Waals surface area contributed by atoms with Crippen molar-refractivity contribution >= 4 is 22.7 Å². The summed E-state index contributed by atoms with van der Waals surface area (Å²) in [5.74, 6) is -1.03. The lowest BCUT2D eigenvalue weighted by Crippen LogP contribution is -2.08. The largest absolute Gasteiger partial charge is 0.478 e. The van der Waals surface area contributed by atoms with E-state index in [0.29, 0.717) is 23.3 Å². The SMILES string of the molecule is Cn1ncc2c(NCc3ccccn3)c(C(=O)O)cnc21. The minimum atomic E-state index is -1.03. The molecule has 0 aromatic carbocycles. The van der Waals surface area contributed by atoms with Gasteiger partial charge in [-0.2, -0.15) is 5.10 Å². The number of carboxylic acid groups (broad SMARTS) is 1. The van der Waals surface area contributed by atoms with Crippen LogP contribution in [0.25, 0.3) is 11.0 Å². The van der Waals surface area contributed by atoms with Gasteiger partial charge in [-0.05, 0) is 12.1 Å². The van der Waals surface area contributed by atoms with Crippen molar-refractivity contribution in [3.63, 3.8) is 0 Å². The highest BCUT2D eigenvalue weighted by Gasteiger charge is 2.16. The average Bonchev–Trinajstić information content (AvgIpc) is 2.87. The smallest absolute Gasteiger partial charge is 0.339 e. The van der Waals surface area contributed by atoms with Gasteiger partial charge in [-0.15, -0.1) is 0 Å². The summed E-state index contributed by atoms with van der Waals surface area (Å²) in [6, 6.07) is 5.58. The van der Waals surface area contributed by atoms with E-state index in [4.69, 9.17) is 0 Å². The van der Waals surface area contributed by atoms with Gasteiger partial charge < -0.3 is 10.4 Å². The van der Waals surface area contributed by atoms with Crippen molar-refractivity contribution in [3.05, 3.63) is 48.0 Å². The van der Waals surface area contributed by atoms with Crippen LogP contribution in [0.2, 0.25) is 0 Å². The topological polar surface area (TPSA) is 92.9 Å². The molecule has 3 aromatic rings. The van der Waals surface area contributed by atoms with E-state index in [-0.39, 0.29) is 5.56 Å². The van der Waals surface area contributed by atoms with Crippen molar-refractivity contribution < 1.29 is 9.90 Å². The van der Waals surface area contributed by atoms with Crippen LogP contribution in [-0.4, -0.2) is 30.8 Å². The number of aromatic nitrogens is 4. The second-order valence-corrected chi connectivity index (χ2v) is 4.53. The summed E-state index contributed by atoms with van der Waals surface area (Å²) in [6.45, 7) is 0.426. The van der Waals surface area contributed by atoms with Gasteiger partial charge in [0.05, 0.1) is 29.5 Å². The summed E-state index contributed by atoms with van der Waals surface area (Å²) < 4.78 is 1.60. The van der Waals surface area contributed by atoms with Crippen LogP contribution in [0.15, 0.2) is 36.8 Å². The zero-order chi connectivity index (χ0) is 14.8. The van der Waals surface area contributed by atoms with Crippen molar-refractivity contribution in [1.29, 1.82) is 0 Å². The van der Waals surface area contributed by atoms with Crippen molar-refractivity contribution in [2.45, 2.75) is 6.54 Å². The number of aromatic carboxylic acids is 1. The van der Waals surface area contributed by atoms with Gasteiger partial charge in [0.15, 0.2) is 5.65 Å². The summed E-state index contributed by atoms with van der Waals surface area (Å²) in [4.78, 5) is 19.7. The van der Waals surface area contributed by atoms with Gasteiger partial charge in [0, 0.05) is 19.4 Å². The first-order valence-electron chi connectivity index (χ1n) is 6.34. The minimum absolute atomic E-state index is 0.117. The van der Waals surface area contributed by atoms with Crippen LogP contribution in [0.4, 0.5) is 5.69 Å². The van der Waals surface area contributed by atoms with Crippen LogP contribution in [0, 0.1) is 0 Å². The van der Waals surface area contributed by atoms with Crippen LogP contribution in [0.1, 0.15) is 16.1 Å². The number of pyridine rings is 2. The number of carboxylic acids is 1. The maximum absolute atomic E-state index is 11.4. The molecule has 106 valence electrons. The first kappa shape index (κ1) is 13.0. The molecule has 3 aromatic heterocycles. The Labute approximate surface area is 120 Å². The van der Waals surface area contributed by atoms with E-state index in [0.717, 1.165) is 5.69 Å². The Morgan fingerprint density at radius 3 is 2.90 bits per heavy atom. The molecule has 0 radical (unpaired) electrons. The highest BCUT2D eigenvalue weighted by molar-refractivity contribution is 6.03. The Balaban J connectivity index is 2.02. The lowest BCUT2D eigenvalue weighted by Gasteiger charge is -2.10. The lowest BCUT2D eigenvalue weighted by atomic mass is 10.1. The Kier molecular flexibility index (Phi) is 3.23. The highest BCUT2D eigenvalue weighted by atomic mass is 16.4. The number of anilines is 1. The number of nitrogens with zero attached hydrogens (tertiary/aromatic N) is 4. The van der Waals surface area contributed by atoms with E-state index in [2.05, 4.69) is 20.4 Å². The molecule has 0 bridgehead atoms. The van der Waals surface area contributed by atoms with Gasteiger partial charge in [-0.25, -0.2) is 9.78 Å². The molecule has 0 aliphatic carbocycles. The van der Waals surface area contributed by atoms with E-state index < -0.39 is 5.97 Å². The maximum atomic E-state index is 11.4. The quantitative estimate of drug-likeness (QED) is 0.756. The summed E-state index contributed by atoms with van der Waals surface area (Å²) in [6.07, 6.45) is 4.64. The first-order valence-corrected chi connectivity index (χ1v) is 6.34. The number of hydrogen-bond acceptors (Lipinski definition) is 5. The van der Waals surface area contributed by atoms with Crippen molar-refractivity contribution in [3.8, 4) is 0 Å². The number of nitrogens with one attached hydrogen (secondary N) is 1. The molecule has 0 saturated heterocycles. The van der Waals surface area contributed by atoms with Gasteiger partial charge >= 0.3 is 5.97 Å². The Hall–Kier alpha value is -2.96. The monoisotopic (exact) mass is 283 g/mol. The molecule has 0 aliphatic rings.